The Morgan fingerprint density at radius 2 is 1.95 bits per heavy atom. The first kappa shape index (κ1) is 13.6. The third-order valence-electron chi connectivity index (χ3n) is 3.19. The minimum atomic E-state index is 0.460. The topological polar surface area (TPSA) is 69.2 Å². The van der Waals surface area contributed by atoms with E-state index in [0.29, 0.717) is 19.0 Å². The summed E-state index contributed by atoms with van der Waals surface area (Å²) < 4.78 is 7.51. The predicted molar refractivity (Wildman–Crippen MR) is 76.8 cm³/mol. The number of anilines is 1. The van der Waals surface area contributed by atoms with E-state index in [1.165, 1.54) is 0 Å². The summed E-state index contributed by atoms with van der Waals surface area (Å²) in [5.41, 5.74) is 9.75. The Hall–Kier alpha value is -1.82. The van der Waals surface area contributed by atoms with Gasteiger partial charge in [-0.2, -0.15) is 0 Å². The van der Waals surface area contributed by atoms with Gasteiger partial charge in [-0.25, -0.2) is 14.6 Å². The smallest absolute Gasteiger partial charge is 0.154 e. The van der Waals surface area contributed by atoms with Gasteiger partial charge in [0.2, 0.25) is 0 Å². The Morgan fingerprint density at radius 3 is 2.53 bits per heavy atom. The summed E-state index contributed by atoms with van der Waals surface area (Å²) in [7, 11) is 3.95. The number of nitrogen functional groups attached to an aromatic ring is 1. The van der Waals surface area contributed by atoms with Crippen LogP contribution in [0.5, 0.6) is 0 Å². The van der Waals surface area contributed by atoms with Gasteiger partial charge >= 0.3 is 0 Å². The quantitative estimate of drug-likeness (QED) is 0.902. The molecule has 0 aliphatic carbocycles. The largest absolute Gasteiger partial charge is 0.382 e. The van der Waals surface area contributed by atoms with Crippen LogP contribution in [0.2, 0.25) is 0 Å². The van der Waals surface area contributed by atoms with Crippen molar-refractivity contribution in [1.29, 1.82) is 0 Å². The van der Waals surface area contributed by atoms with E-state index in [1.54, 1.807) is 0 Å². The van der Waals surface area contributed by atoms with Gasteiger partial charge in [-0.3, -0.25) is 0 Å². The van der Waals surface area contributed by atoms with E-state index in [0.717, 1.165) is 28.1 Å². The molecule has 2 aromatic rings. The van der Waals surface area contributed by atoms with Crippen molar-refractivity contribution in [3.8, 4) is 0 Å². The van der Waals surface area contributed by atoms with Crippen LogP contribution in [-0.2, 0) is 11.3 Å². The number of rotatable bonds is 4. The molecule has 0 radical (unpaired) electrons. The first-order valence-electron chi connectivity index (χ1n) is 6.36. The second-order valence-corrected chi connectivity index (χ2v) is 4.73. The molecule has 2 rings (SSSR count). The van der Waals surface area contributed by atoms with E-state index in [9.17, 15) is 0 Å². The summed E-state index contributed by atoms with van der Waals surface area (Å²) in [5, 5.41) is 1.98. The summed E-state index contributed by atoms with van der Waals surface area (Å²) in [5.74, 6) is 1.31. The molecule has 0 aliphatic rings. The van der Waals surface area contributed by atoms with Gasteiger partial charge < -0.3 is 15.5 Å². The molecular formula is C13H21N5O. The lowest BCUT2D eigenvalue weighted by Crippen LogP contribution is -2.27. The molecule has 0 bridgehead atoms. The summed E-state index contributed by atoms with van der Waals surface area (Å²) in [6, 6.07) is 0. The van der Waals surface area contributed by atoms with Crippen molar-refractivity contribution < 1.29 is 4.74 Å². The van der Waals surface area contributed by atoms with Gasteiger partial charge in [0.15, 0.2) is 11.6 Å². The van der Waals surface area contributed by atoms with E-state index in [-0.39, 0.29) is 0 Å². The van der Waals surface area contributed by atoms with Gasteiger partial charge in [-0.15, -0.1) is 0 Å². The summed E-state index contributed by atoms with van der Waals surface area (Å²) >= 11 is 0. The normalized spacial score (nSPS) is 11.2. The van der Waals surface area contributed by atoms with Crippen LogP contribution >= 0.6 is 0 Å². The molecule has 0 fully saturated rings. The molecule has 0 spiro atoms. The number of nitrogens with two attached hydrogens (primary N) is 1. The van der Waals surface area contributed by atoms with Crippen molar-refractivity contribution in [2.24, 2.45) is 0 Å². The summed E-state index contributed by atoms with van der Waals surface area (Å²) in [6.07, 6.45) is 0. The molecule has 0 aromatic carbocycles. The number of aromatic nitrogens is 3. The molecular weight excluding hydrogens is 242 g/mol. The van der Waals surface area contributed by atoms with Crippen LogP contribution in [0.4, 0.5) is 5.82 Å². The molecule has 2 N–H and O–H groups in total. The molecule has 2 heterocycles. The minimum absolute atomic E-state index is 0.460. The minimum Gasteiger partial charge on any atom is -0.382 e. The Labute approximate surface area is 113 Å². The fourth-order valence-corrected chi connectivity index (χ4v) is 2.18. The molecule has 0 aliphatic heterocycles. The fourth-order valence-electron chi connectivity index (χ4n) is 2.18. The Bertz CT molecular complexity index is 603. The second-order valence-electron chi connectivity index (χ2n) is 4.73. The van der Waals surface area contributed by atoms with Crippen LogP contribution in [0.25, 0.3) is 11.0 Å². The number of hydrogen-bond acceptors (Lipinski definition) is 5. The molecule has 2 aromatic heterocycles. The molecule has 0 atom stereocenters. The number of aryl methyl sites for hydroxylation is 2. The Balaban J connectivity index is 2.74. The third-order valence-corrected chi connectivity index (χ3v) is 3.19. The summed E-state index contributed by atoms with van der Waals surface area (Å²) in [4.78, 5) is 8.92. The highest BCUT2D eigenvalue weighted by Crippen LogP contribution is 2.26. The average Bonchev–Trinajstić information content (AvgIpc) is 2.73. The van der Waals surface area contributed by atoms with Crippen LogP contribution in [0.15, 0.2) is 0 Å². The van der Waals surface area contributed by atoms with Crippen molar-refractivity contribution in [2.45, 2.75) is 27.4 Å². The average molecular weight is 263 g/mol. The Kier molecular flexibility index (Phi) is 3.61. The Morgan fingerprint density at radius 1 is 1.26 bits per heavy atom. The van der Waals surface area contributed by atoms with Crippen molar-refractivity contribution in [2.75, 3.05) is 31.4 Å². The summed E-state index contributed by atoms with van der Waals surface area (Å²) in [6.45, 7) is 7.08. The zero-order valence-electron chi connectivity index (χ0n) is 12.2. The maximum Gasteiger partial charge on any atom is 0.154 e. The maximum atomic E-state index is 5.99. The van der Waals surface area contributed by atoms with Crippen molar-refractivity contribution in [3.63, 3.8) is 0 Å². The van der Waals surface area contributed by atoms with Gasteiger partial charge in [0.25, 0.3) is 0 Å². The molecule has 19 heavy (non-hydrogen) atoms. The van der Waals surface area contributed by atoms with Gasteiger partial charge in [0, 0.05) is 26.4 Å². The first-order chi connectivity index (χ1) is 8.97. The molecule has 104 valence electrons. The highest BCUT2D eigenvalue weighted by molar-refractivity contribution is 5.88. The van der Waals surface area contributed by atoms with E-state index in [2.05, 4.69) is 9.97 Å². The van der Waals surface area contributed by atoms with E-state index >= 15 is 0 Å². The van der Waals surface area contributed by atoms with Crippen molar-refractivity contribution in [1.82, 2.24) is 14.6 Å². The van der Waals surface area contributed by atoms with Gasteiger partial charge in [0.1, 0.15) is 12.1 Å². The lowest BCUT2D eigenvalue weighted by molar-refractivity contribution is 0.126. The van der Waals surface area contributed by atoms with Crippen LogP contribution in [0.1, 0.15) is 24.0 Å². The zero-order chi connectivity index (χ0) is 14.2. The van der Waals surface area contributed by atoms with Gasteiger partial charge in [-0.1, -0.05) is 0 Å². The number of nitrogens with zero attached hydrogens (tertiary/aromatic N) is 4. The molecule has 6 heteroatoms. The highest BCUT2D eigenvalue weighted by atomic mass is 16.5. The number of hydrogen-bond donors (Lipinski definition) is 1. The van der Waals surface area contributed by atoms with Crippen molar-refractivity contribution >= 4 is 16.9 Å². The van der Waals surface area contributed by atoms with Gasteiger partial charge in [-0.05, 0) is 26.3 Å². The lowest BCUT2D eigenvalue weighted by atomic mass is 10.2. The van der Waals surface area contributed by atoms with E-state index < -0.39 is 0 Å². The van der Waals surface area contributed by atoms with Crippen LogP contribution in [-0.4, -0.2) is 35.3 Å². The monoisotopic (exact) mass is 263 g/mol. The first-order valence-corrected chi connectivity index (χ1v) is 6.36. The second kappa shape index (κ2) is 5.05. The molecule has 0 saturated heterocycles. The van der Waals surface area contributed by atoms with E-state index in [4.69, 9.17) is 10.5 Å². The predicted octanol–water partition coefficient (Wildman–Crippen LogP) is 1.36. The molecule has 0 unspecified atom stereocenters. The highest BCUT2D eigenvalue weighted by Gasteiger charge is 2.18. The molecule has 6 nitrogen and oxygen atoms in total. The van der Waals surface area contributed by atoms with E-state index in [1.807, 2.05) is 44.6 Å². The lowest BCUT2D eigenvalue weighted by Gasteiger charge is -2.19. The number of pyridine rings is 1. The van der Waals surface area contributed by atoms with Gasteiger partial charge in [0.05, 0.1) is 5.52 Å². The van der Waals surface area contributed by atoms with Crippen LogP contribution < -0.4 is 10.7 Å². The third kappa shape index (κ3) is 2.23. The van der Waals surface area contributed by atoms with Crippen molar-refractivity contribution in [3.05, 3.63) is 17.1 Å². The van der Waals surface area contributed by atoms with Crippen LogP contribution in [0, 0.1) is 13.8 Å². The number of ether oxygens (including phenoxy) is 1. The van der Waals surface area contributed by atoms with Crippen LogP contribution in [0.3, 0.4) is 0 Å². The number of fused-ring (bicyclic) bond motifs is 1. The molecule has 0 saturated carbocycles. The molecule has 0 amide bonds. The standard InChI is InChI=1S/C13H21N5O/c1-6-19-7-10-16-11-12(18(10)17(4)5)8(2)9(3)15-13(11)14/h6-7H2,1-5H3,(H2,14,15). The number of imidazole rings is 1. The SMILES string of the molecule is CCOCc1nc2c(N)nc(C)c(C)c2n1N(C)C. The fraction of sp³-hybridized carbons (Fsp3) is 0.538. The zero-order valence-corrected chi connectivity index (χ0v) is 12.2. The maximum absolute atomic E-state index is 5.99.